The SMILES string of the molecule is Clc1ccccc1C=NC=Cc1cccs1. The molecule has 0 spiro atoms. The second-order valence-electron chi connectivity index (χ2n) is 3.13. The quantitative estimate of drug-likeness (QED) is 0.709. The molecule has 1 aromatic heterocycles. The van der Waals surface area contributed by atoms with Crippen molar-refractivity contribution in [3.05, 3.63) is 63.4 Å². The minimum absolute atomic E-state index is 0.718. The van der Waals surface area contributed by atoms with Crippen LogP contribution in [0.3, 0.4) is 0 Å². The van der Waals surface area contributed by atoms with Crippen molar-refractivity contribution in [3.63, 3.8) is 0 Å². The monoisotopic (exact) mass is 247 g/mol. The molecular formula is C13H10ClNS. The number of hydrogen-bond acceptors (Lipinski definition) is 2. The molecule has 0 aliphatic heterocycles. The third kappa shape index (κ3) is 3.05. The number of hydrogen-bond donors (Lipinski definition) is 0. The van der Waals surface area contributed by atoms with Gasteiger partial charge in [0.1, 0.15) is 0 Å². The van der Waals surface area contributed by atoms with E-state index in [-0.39, 0.29) is 0 Å². The van der Waals surface area contributed by atoms with E-state index < -0.39 is 0 Å². The van der Waals surface area contributed by atoms with Crippen molar-refractivity contribution in [1.29, 1.82) is 0 Å². The Morgan fingerprint density at radius 2 is 2.00 bits per heavy atom. The topological polar surface area (TPSA) is 12.4 Å². The Hall–Kier alpha value is -1.38. The summed E-state index contributed by atoms with van der Waals surface area (Å²) in [7, 11) is 0. The maximum Gasteiger partial charge on any atom is 0.0493 e. The van der Waals surface area contributed by atoms with Gasteiger partial charge in [-0.1, -0.05) is 35.9 Å². The first-order valence-corrected chi connectivity index (χ1v) is 6.10. The van der Waals surface area contributed by atoms with E-state index in [0.29, 0.717) is 0 Å². The third-order valence-electron chi connectivity index (χ3n) is 1.99. The second kappa shape index (κ2) is 5.64. The summed E-state index contributed by atoms with van der Waals surface area (Å²) in [6, 6.07) is 11.7. The van der Waals surface area contributed by atoms with Gasteiger partial charge in [-0.05, 0) is 23.6 Å². The highest BCUT2D eigenvalue weighted by Gasteiger charge is 1.92. The molecule has 3 heteroatoms. The molecule has 80 valence electrons. The molecule has 0 radical (unpaired) electrons. The van der Waals surface area contributed by atoms with Gasteiger partial charge in [-0.2, -0.15) is 0 Å². The van der Waals surface area contributed by atoms with Crippen LogP contribution >= 0.6 is 22.9 Å². The van der Waals surface area contributed by atoms with Gasteiger partial charge in [-0.15, -0.1) is 11.3 Å². The number of thiophene rings is 1. The zero-order valence-corrected chi connectivity index (χ0v) is 10.1. The van der Waals surface area contributed by atoms with E-state index in [1.165, 1.54) is 4.88 Å². The summed E-state index contributed by atoms with van der Waals surface area (Å²) in [5.41, 5.74) is 0.931. The Kier molecular flexibility index (Phi) is 3.91. The van der Waals surface area contributed by atoms with E-state index in [9.17, 15) is 0 Å². The van der Waals surface area contributed by atoms with Gasteiger partial charge in [-0.3, -0.25) is 4.99 Å². The maximum absolute atomic E-state index is 5.99. The predicted molar refractivity (Wildman–Crippen MR) is 72.4 cm³/mol. The molecule has 2 rings (SSSR count). The lowest BCUT2D eigenvalue weighted by atomic mass is 10.2. The third-order valence-corrected chi connectivity index (χ3v) is 3.17. The number of nitrogens with zero attached hydrogens (tertiary/aromatic N) is 1. The van der Waals surface area contributed by atoms with Crippen LogP contribution in [0, 0.1) is 0 Å². The molecule has 0 unspecified atom stereocenters. The van der Waals surface area contributed by atoms with Crippen LogP contribution in [0.2, 0.25) is 5.02 Å². The Labute approximate surface area is 104 Å². The summed E-state index contributed by atoms with van der Waals surface area (Å²) in [6.07, 6.45) is 5.50. The minimum atomic E-state index is 0.718. The molecule has 16 heavy (non-hydrogen) atoms. The van der Waals surface area contributed by atoms with Gasteiger partial charge in [0.05, 0.1) is 0 Å². The molecule has 0 atom stereocenters. The van der Waals surface area contributed by atoms with Crippen LogP contribution in [0.4, 0.5) is 0 Å². The Balaban J connectivity index is 2.03. The summed E-state index contributed by atoms with van der Waals surface area (Å²) >= 11 is 7.68. The first kappa shape index (κ1) is 11.1. The largest absolute Gasteiger partial charge is 0.264 e. The number of benzene rings is 1. The molecular weight excluding hydrogens is 238 g/mol. The van der Waals surface area contributed by atoms with Crippen molar-refractivity contribution in [2.24, 2.45) is 4.99 Å². The fourth-order valence-electron chi connectivity index (χ4n) is 1.21. The zero-order valence-electron chi connectivity index (χ0n) is 8.51. The minimum Gasteiger partial charge on any atom is -0.264 e. The van der Waals surface area contributed by atoms with Crippen molar-refractivity contribution in [2.75, 3.05) is 0 Å². The molecule has 2 aromatic rings. The molecule has 0 saturated carbocycles. The van der Waals surface area contributed by atoms with Crippen LogP contribution < -0.4 is 0 Å². The van der Waals surface area contributed by atoms with Gasteiger partial charge in [0.15, 0.2) is 0 Å². The van der Waals surface area contributed by atoms with Crippen molar-refractivity contribution >= 4 is 35.2 Å². The van der Waals surface area contributed by atoms with Crippen molar-refractivity contribution in [3.8, 4) is 0 Å². The van der Waals surface area contributed by atoms with E-state index in [2.05, 4.69) is 4.99 Å². The standard InChI is InChI=1S/C13H10ClNS/c14-13-6-2-1-4-11(13)10-15-8-7-12-5-3-9-16-12/h1-10H. The summed E-state index contributed by atoms with van der Waals surface area (Å²) in [6.45, 7) is 0. The lowest BCUT2D eigenvalue weighted by Gasteiger charge is -1.93. The van der Waals surface area contributed by atoms with Gasteiger partial charge in [0.25, 0.3) is 0 Å². The van der Waals surface area contributed by atoms with Gasteiger partial charge in [-0.25, -0.2) is 0 Å². The molecule has 0 aliphatic carbocycles. The Morgan fingerprint density at radius 1 is 1.12 bits per heavy atom. The maximum atomic E-state index is 5.99. The zero-order chi connectivity index (χ0) is 11.2. The molecule has 0 fully saturated rings. The van der Waals surface area contributed by atoms with Crippen LogP contribution in [0.1, 0.15) is 10.4 Å². The second-order valence-corrected chi connectivity index (χ2v) is 4.52. The summed E-state index contributed by atoms with van der Waals surface area (Å²) in [4.78, 5) is 5.39. The van der Waals surface area contributed by atoms with Crippen LogP contribution in [0.25, 0.3) is 6.08 Å². The normalized spacial score (nSPS) is 11.6. The van der Waals surface area contributed by atoms with E-state index in [0.717, 1.165) is 10.6 Å². The lowest BCUT2D eigenvalue weighted by molar-refractivity contribution is 1.58. The highest BCUT2D eigenvalue weighted by atomic mass is 35.5. The van der Waals surface area contributed by atoms with E-state index in [1.54, 1.807) is 23.8 Å². The van der Waals surface area contributed by atoms with Crippen molar-refractivity contribution < 1.29 is 0 Å². The van der Waals surface area contributed by atoms with Crippen LogP contribution in [0.15, 0.2) is 53.0 Å². The van der Waals surface area contributed by atoms with Crippen LogP contribution in [0.5, 0.6) is 0 Å². The molecule has 0 amide bonds. The molecule has 1 aromatic carbocycles. The molecule has 1 nitrogen and oxygen atoms in total. The highest BCUT2D eigenvalue weighted by molar-refractivity contribution is 7.10. The first-order valence-electron chi connectivity index (χ1n) is 4.84. The van der Waals surface area contributed by atoms with E-state index >= 15 is 0 Å². The fourth-order valence-corrected chi connectivity index (χ4v) is 2.00. The van der Waals surface area contributed by atoms with Crippen molar-refractivity contribution in [2.45, 2.75) is 0 Å². The molecule has 0 N–H and O–H groups in total. The fraction of sp³-hybridized carbons (Fsp3) is 0. The number of rotatable bonds is 3. The van der Waals surface area contributed by atoms with Crippen LogP contribution in [-0.4, -0.2) is 6.21 Å². The van der Waals surface area contributed by atoms with Crippen molar-refractivity contribution in [1.82, 2.24) is 0 Å². The molecule has 1 heterocycles. The summed E-state index contributed by atoms with van der Waals surface area (Å²) < 4.78 is 0. The highest BCUT2D eigenvalue weighted by Crippen LogP contribution is 2.13. The average molecular weight is 248 g/mol. The predicted octanol–water partition coefficient (Wildman–Crippen LogP) is 4.49. The van der Waals surface area contributed by atoms with Gasteiger partial charge < -0.3 is 0 Å². The smallest absolute Gasteiger partial charge is 0.0493 e. The van der Waals surface area contributed by atoms with E-state index in [4.69, 9.17) is 11.6 Å². The summed E-state index contributed by atoms with van der Waals surface area (Å²) in [5.74, 6) is 0. The van der Waals surface area contributed by atoms with Gasteiger partial charge in [0.2, 0.25) is 0 Å². The Morgan fingerprint density at radius 3 is 2.75 bits per heavy atom. The van der Waals surface area contributed by atoms with Crippen LogP contribution in [-0.2, 0) is 0 Å². The number of halogens is 1. The average Bonchev–Trinajstić information content (AvgIpc) is 2.79. The molecule has 0 aliphatic rings. The molecule has 0 saturated heterocycles. The lowest BCUT2D eigenvalue weighted by Crippen LogP contribution is -1.80. The summed E-state index contributed by atoms with van der Waals surface area (Å²) in [5, 5.41) is 2.76. The van der Waals surface area contributed by atoms with Gasteiger partial charge in [0, 0.05) is 27.9 Å². The first-order chi connectivity index (χ1) is 7.86. The van der Waals surface area contributed by atoms with E-state index in [1.807, 2.05) is 47.9 Å². The number of aliphatic imine (C=N–C) groups is 1. The Bertz CT molecular complexity index is 500. The molecule has 0 bridgehead atoms. The van der Waals surface area contributed by atoms with Gasteiger partial charge >= 0.3 is 0 Å².